The third-order valence-electron chi connectivity index (χ3n) is 2.96. The van der Waals surface area contributed by atoms with Gasteiger partial charge in [-0.05, 0) is 24.6 Å². The molecule has 0 aliphatic carbocycles. The third kappa shape index (κ3) is 3.19. The summed E-state index contributed by atoms with van der Waals surface area (Å²) >= 11 is 1.50. The Morgan fingerprint density at radius 1 is 1.43 bits per heavy atom. The van der Waals surface area contributed by atoms with Gasteiger partial charge in [-0.25, -0.2) is 9.97 Å². The molecule has 0 saturated carbocycles. The van der Waals surface area contributed by atoms with Gasteiger partial charge in [-0.1, -0.05) is 0 Å². The minimum atomic E-state index is -0.162. The molecule has 3 aromatic rings. The van der Waals surface area contributed by atoms with Crippen molar-refractivity contribution in [3.8, 4) is 0 Å². The number of hydrogen-bond acceptors (Lipinski definition) is 5. The number of carbonyl (C=O) groups excluding carboxylic acids is 1. The molecule has 7 heteroatoms. The van der Waals surface area contributed by atoms with E-state index in [9.17, 15) is 4.79 Å². The fourth-order valence-corrected chi connectivity index (χ4v) is 2.63. The van der Waals surface area contributed by atoms with Crippen LogP contribution >= 0.6 is 11.3 Å². The number of hydrogen-bond donors (Lipinski definition) is 2. The van der Waals surface area contributed by atoms with E-state index >= 15 is 0 Å². The summed E-state index contributed by atoms with van der Waals surface area (Å²) in [6, 6.07) is 3.91. The number of aryl methyl sites for hydroxylation is 1. The van der Waals surface area contributed by atoms with Crippen LogP contribution in [0.3, 0.4) is 0 Å². The summed E-state index contributed by atoms with van der Waals surface area (Å²) in [5.74, 6) is 0.650. The van der Waals surface area contributed by atoms with Crippen LogP contribution in [0, 0.1) is 6.92 Å². The van der Waals surface area contributed by atoms with Crippen molar-refractivity contribution in [3.63, 3.8) is 0 Å². The van der Waals surface area contributed by atoms with E-state index in [0.717, 1.165) is 16.3 Å². The summed E-state index contributed by atoms with van der Waals surface area (Å²) in [6.45, 7) is 3.14. The van der Waals surface area contributed by atoms with Crippen LogP contribution in [0.25, 0.3) is 4.96 Å². The first-order valence-corrected chi connectivity index (χ1v) is 7.47. The van der Waals surface area contributed by atoms with Crippen LogP contribution in [0.15, 0.2) is 36.1 Å². The first-order chi connectivity index (χ1) is 10.2. The fraction of sp³-hybridized carbons (Fsp3) is 0.214. The maximum absolute atomic E-state index is 12.0. The zero-order valence-electron chi connectivity index (χ0n) is 11.5. The molecule has 0 spiro atoms. The lowest BCUT2D eigenvalue weighted by atomic mass is 10.3. The van der Waals surface area contributed by atoms with Crippen LogP contribution in [-0.4, -0.2) is 33.4 Å². The van der Waals surface area contributed by atoms with Crippen molar-refractivity contribution in [3.05, 3.63) is 47.4 Å². The number of fused-ring (bicyclic) bond motifs is 1. The number of aromatic nitrogens is 3. The number of carbonyl (C=O) groups is 1. The minimum Gasteiger partial charge on any atom is -0.368 e. The summed E-state index contributed by atoms with van der Waals surface area (Å²) in [5, 5.41) is 7.93. The van der Waals surface area contributed by atoms with Gasteiger partial charge in [0, 0.05) is 37.1 Å². The second-order valence-electron chi connectivity index (χ2n) is 4.62. The Balaban J connectivity index is 1.49. The second-order valence-corrected chi connectivity index (χ2v) is 5.49. The Morgan fingerprint density at radius 3 is 3.14 bits per heavy atom. The molecule has 0 aliphatic heterocycles. The van der Waals surface area contributed by atoms with Gasteiger partial charge in [-0.2, -0.15) is 0 Å². The number of rotatable bonds is 5. The zero-order chi connectivity index (χ0) is 14.7. The highest BCUT2D eigenvalue weighted by Crippen LogP contribution is 2.11. The number of thiazole rings is 1. The molecule has 3 aromatic heterocycles. The molecule has 3 heterocycles. The van der Waals surface area contributed by atoms with Crippen LogP contribution in [0.5, 0.6) is 0 Å². The predicted octanol–water partition coefficient (Wildman–Crippen LogP) is 1.94. The van der Waals surface area contributed by atoms with Gasteiger partial charge < -0.3 is 10.6 Å². The van der Waals surface area contributed by atoms with Gasteiger partial charge in [0.1, 0.15) is 11.5 Å². The molecule has 0 atom stereocenters. The van der Waals surface area contributed by atoms with E-state index in [4.69, 9.17) is 0 Å². The van der Waals surface area contributed by atoms with Crippen LogP contribution in [0.4, 0.5) is 5.82 Å². The van der Waals surface area contributed by atoms with Crippen LogP contribution < -0.4 is 10.6 Å². The number of nitrogens with one attached hydrogen (secondary N) is 2. The van der Waals surface area contributed by atoms with Gasteiger partial charge >= 0.3 is 0 Å². The average molecular weight is 301 g/mol. The fourth-order valence-electron chi connectivity index (χ4n) is 1.93. The highest BCUT2D eigenvalue weighted by molar-refractivity contribution is 7.15. The Morgan fingerprint density at radius 2 is 2.33 bits per heavy atom. The van der Waals surface area contributed by atoms with E-state index in [1.54, 1.807) is 12.4 Å². The molecule has 0 aliphatic rings. The van der Waals surface area contributed by atoms with Gasteiger partial charge in [0.25, 0.3) is 5.91 Å². The molecule has 2 N–H and O–H groups in total. The quantitative estimate of drug-likeness (QED) is 0.707. The van der Waals surface area contributed by atoms with Gasteiger partial charge in [0.05, 0.1) is 0 Å². The smallest absolute Gasteiger partial charge is 0.271 e. The standard InChI is InChI=1S/C14H15N5OS/c1-10-2-3-15-12(8-10)16-4-5-17-13(20)11-9-19-6-7-21-14(19)18-11/h2-3,6-9H,4-5H2,1H3,(H,15,16)(H,17,20). The SMILES string of the molecule is Cc1ccnc(NCCNC(=O)c2cn3ccsc3n2)c1. The van der Waals surface area contributed by atoms with E-state index < -0.39 is 0 Å². The second kappa shape index (κ2) is 5.92. The molecule has 108 valence electrons. The highest BCUT2D eigenvalue weighted by atomic mass is 32.1. The number of nitrogens with zero attached hydrogens (tertiary/aromatic N) is 3. The third-order valence-corrected chi connectivity index (χ3v) is 3.73. The normalized spacial score (nSPS) is 10.7. The summed E-state index contributed by atoms with van der Waals surface area (Å²) < 4.78 is 1.84. The van der Waals surface area contributed by atoms with E-state index in [2.05, 4.69) is 20.6 Å². The first-order valence-electron chi connectivity index (χ1n) is 6.59. The Labute approximate surface area is 125 Å². The number of imidazole rings is 1. The highest BCUT2D eigenvalue weighted by Gasteiger charge is 2.10. The van der Waals surface area contributed by atoms with Crippen LogP contribution in [0.1, 0.15) is 16.1 Å². The number of amides is 1. The minimum absolute atomic E-state index is 0.162. The van der Waals surface area contributed by atoms with E-state index in [1.165, 1.54) is 11.3 Å². The lowest BCUT2D eigenvalue weighted by Gasteiger charge is -2.06. The van der Waals surface area contributed by atoms with Crippen molar-refractivity contribution >= 4 is 28.0 Å². The molecule has 21 heavy (non-hydrogen) atoms. The van der Waals surface area contributed by atoms with Crippen LogP contribution in [0.2, 0.25) is 0 Å². The molecule has 0 bridgehead atoms. The predicted molar refractivity (Wildman–Crippen MR) is 82.9 cm³/mol. The number of pyridine rings is 1. The summed E-state index contributed by atoms with van der Waals surface area (Å²) in [4.78, 5) is 21.2. The molecule has 3 rings (SSSR count). The Kier molecular flexibility index (Phi) is 3.83. The zero-order valence-corrected chi connectivity index (χ0v) is 12.4. The first kappa shape index (κ1) is 13.6. The largest absolute Gasteiger partial charge is 0.368 e. The molecule has 1 amide bonds. The van der Waals surface area contributed by atoms with E-state index in [1.807, 2.05) is 35.0 Å². The molecule has 0 unspecified atom stereocenters. The Hall–Kier alpha value is -2.41. The average Bonchev–Trinajstić information content (AvgIpc) is 3.04. The molecule has 6 nitrogen and oxygen atoms in total. The van der Waals surface area contributed by atoms with Crippen molar-refractivity contribution < 1.29 is 4.79 Å². The van der Waals surface area contributed by atoms with Crippen molar-refractivity contribution in [1.29, 1.82) is 0 Å². The molecule has 0 fully saturated rings. The number of anilines is 1. The van der Waals surface area contributed by atoms with Gasteiger partial charge in [-0.15, -0.1) is 11.3 Å². The van der Waals surface area contributed by atoms with Gasteiger partial charge in [0.2, 0.25) is 0 Å². The molecular weight excluding hydrogens is 286 g/mol. The summed E-state index contributed by atoms with van der Waals surface area (Å²) in [7, 11) is 0. The van der Waals surface area contributed by atoms with Crippen molar-refractivity contribution in [2.24, 2.45) is 0 Å². The van der Waals surface area contributed by atoms with Crippen LogP contribution in [-0.2, 0) is 0 Å². The van der Waals surface area contributed by atoms with Crippen molar-refractivity contribution in [1.82, 2.24) is 19.7 Å². The summed E-state index contributed by atoms with van der Waals surface area (Å²) in [6.07, 6.45) is 5.37. The molecule has 0 radical (unpaired) electrons. The van der Waals surface area contributed by atoms with Crippen molar-refractivity contribution in [2.75, 3.05) is 18.4 Å². The molecule has 0 saturated heterocycles. The van der Waals surface area contributed by atoms with Gasteiger partial charge in [0.15, 0.2) is 4.96 Å². The maximum atomic E-state index is 12.0. The van der Waals surface area contributed by atoms with Crippen molar-refractivity contribution in [2.45, 2.75) is 6.92 Å². The Bertz CT molecular complexity index is 735. The van der Waals surface area contributed by atoms with E-state index in [0.29, 0.717) is 18.8 Å². The summed E-state index contributed by atoms with van der Waals surface area (Å²) in [5.41, 5.74) is 1.59. The topological polar surface area (TPSA) is 71.3 Å². The maximum Gasteiger partial charge on any atom is 0.271 e. The molecule has 0 aromatic carbocycles. The molecular formula is C14H15N5OS. The van der Waals surface area contributed by atoms with Gasteiger partial charge in [-0.3, -0.25) is 9.20 Å². The lowest BCUT2D eigenvalue weighted by Crippen LogP contribution is -2.29. The monoisotopic (exact) mass is 301 g/mol. The van der Waals surface area contributed by atoms with E-state index in [-0.39, 0.29) is 5.91 Å². The lowest BCUT2D eigenvalue weighted by molar-refractivity contribution is 0.0951.